The Labute approximate surface area is 147 Å². The minimum Gasteiger partial charge on any atom is -0.497 e. The highest BCUT2D eigenvalue weighted by Gasteiger charge is 2.37. The first-order chi connectivity index (χ1) is 12.1. The number of imide groups is 1. The van der Waals surface area contributed by atoms with Crippen molar-refractivity contribution >= 4 is 12.0 Å². The van der Waals surface area contributed by atoms with Crippen LogP contribution in [0.1, 0.15) is 18.5 Å². The number of carbonyl (C=O) groups excluding carboxylic acids is 2. The third-order valence-electron chi connectivity index (χ3n) is 3.77. The zero-order valence-electron chi connectivity index (χ0n) is 14.3. The second kappa shape index (κ2) is 8.68. The van der Waals surface area contributed by atoms with Gasteiger partial charge in [-0.25, -0.2) is 9.69 Å². The summed E-state index contributed by atoms with van der Waals surface area (Å²) < 4.78 is 10.0. The van der Waals surface area contributed by atoms with E-state index in [1.165, 1.54) is 13.2 Å². The topological polar surface area (TPSA) is 55.8 Å². The van der Waals surface area contributed by atoms with Gasteiger partial charge in [-0.1, -0.05) is 49.1 Å². The Hall–Kier alpha value is -3.08. The number of benzene rings is 1. The summed E-state index contributed by atoms with van der Waals surface area (Å²) in [4.78, 5) is 25.6. The van der Waals surface area contributed by atoms with Crippen molar-refractivity contribution < 1.29 is 19.1 Å². The fourth-order valence-electron chi connectivity index (χ4n) is 2.34. The number of methoxy groups -OCH3 is 1. The summed E-state index contributed by atoms with van der Waals surface area (Å²) in [6.45, 7) is 5.70. The molecule has 1 aromatic rings. The molecule has 5 heteroatoms. The summed E-state index contributed by atoms with van der Waals surface area (Å²) in [5.41, 5.74) is 1.65. The summed E-state index contributed by atoms with van der Waals surface area (Å²) in [6.07, 6.45) is 7.66. The second-order valence-corrected chi connectivity index (χ2v) is 5.34. The Morgan fingerprint density at radius 2 is 1.92 bits per heavy atom. The highest BCUT2D eigenvalue weighted by molar-refractivity contribution is 6.00. The van der Waals surface area contributed by atoms with Crippen LogP contribution in [0.3, 0.4) is 0 Å². The van der Waals surface area contributed by atoms with Crippen LogP contribution in [-0.4, -0.2) is 30.6 Å². The van der Waals surface area contributed by atoms with Gasteiger partial charge in [0.1, 0.15) is 18.4 Å². The van der Waals surface area contributed by atoms with Gasteiger partial charge < -0.3 is 9.47 Å². The van der Waals surface area contributed by atoms with Gasteiger partial charge in [0.25, 0.3) is 5.91 Å². The molecule has 5 nitrogen and oxygen atoms in total. The molecule has 0 N–H and O–H groups in total. The molecule has 2 amide bonds. The van der Waals surface area contributed by atoms with Crippen LogP contribution < -0.4 is 0 Å². The van der Waals surface area contributed by atoms with Gasteiger partial charge in [-0.2, -0.15) is 0 Å². The molecule has 2 rings (SSSR count). The van der Waals surface area contributed by atoms with Crippen LogP contribution in [0.4, 0.5) is 4.79 Å². The maximum atomic E-state index is 12.5. The maximum Gasteiger partial charge on any atom is 0.417 e. The lowest BCUT2D eigenvalue weighted by Crippen LogP contribution is -2.32. The number of allylic oxidation sites excluding steroid dienone is 5. The third kappa shape index (κ3) is 4.70. The maximum absolute atomic E-state index is 12.5. The molecule has 25 heavy (non-hydrogen) atoms. The van der Waals surface area contributed by atoms with Crippen molar-refractivity contribution in [3.63, 3.8) is 0 Å². The number of nitrogens with zero attached hydrogens (tertiary/aromatic N) is 1. The Morgan fingerprint density at radius 3 is 2.56 bits per heavy atom. The summed E-state index contributed by atoms with van der Waals surface area (Å²) >= 11 is 0. The molecule has 1 aromatic carbocycles. The predicted octanol–water partition coefficient (Wildman–Crippen LogP) is 3.93. The first kappa shape index (κ1) is 18.3. The molecule has 0 radical (unpaired) electrons. The average molecular weight is 339 g/mol. The molecule has 1 heterocycles. The smallest absolute Gasteiger partial charge is 0.417 e. The van der Waals surface area contributed by atoms with Gasteiger partial charge in [-0.15, -0.1) is 0 Å². The molecule has 1 aliphatic rings. The number of carbonyl (C=O) groups is 2. The summed E-state index contributed by atoms with van der Waals surface area (Å²) in [7, 11) is 1.53. The predicted molar refractivity (Wildman–Crippen MR) is 95.6 cm³/mol. The number of amides is 2. The highest BCUT2D eigenvalue weighted by atomic mass is 16.6. The largest absolute Gasteiger partial charge is 0.497 e. The van der Waals surface area contributed by atoms with E-state index in [4.69, 9.17) is 9.47 Å². The van der Waals surface area contributed by atoms with E-state index in [9.17, 15) is 9.59 Å². The van der Waals surface area contributed by atoms with Crippen LogP contribution in [0.15, 0.2) is 78.6 Å². The molecular formula is C20H21NO4. The Bertz CT molecular complexity index is 731. The van der Waals surface area contributed by atoms with E-state index in [-0.39, 0.29) is 6.61 Å². The van der Waals surface area contributed by atoms with Crippen molar-refractivity contribution in [1.82, 2.24) is 4.90 Å². The number of cyclic esters (lactones) is 1. The summed E-state index contributed by atoms with van der Waals surface area (Å²) in [5.74, 6) is 0.0843. The van der Waals surface area contributed by atoms with E-state index in [1.807, 2.05) is 43.3 Å². The van der Waals surface area contributed by atoms with E-state index < -0.39 is 18.0 Å². The van der Waals surface area contributed by atoms with Gasteiger partial charge in [0.05, 0.1) is 7.11 Å². The third-order valence-corrected chi connectivity index (χ3v) is 3.77. The standard InChI is InChI=1S/C20H21NO4/c1-4-16(11-10-15(2)24-3)12-13-19(22)21-18(14-25-20(21)23)17-8-6-5-7-9-17/h4-13,18H,2,14H2,1,3H3/b11-10-,13-12+,16-4+. The molecule has 130 valence electrons. The van der Waals surface area contributed by atoms with E-state index in [2.05, 4.69) is 6.58 Å². The molecular weight excluding hydrogens is 318 g/mol. The minimum atomic E-state index is -0.631. The first-order valence-electron chi connectivity index (χ1n) is 7.87. The molecule has 1 unspecified atom stereocenters. The quantitative estimate of drug-likeness (QED) is 0.448. The Kier molecular flexibility index (Phi) is 6.34. The number of ether oxygens (including phenoxy) is 2. The zero-order valence-corrected chi connectivity index (χ0v) is 14.3. The van der Waals surface area contributed by atoms with Gasteiger partial charge in [-0.05, 0) is 30.2 Å². The van der Waals surface area contributed by atoms with Gasteiger partial charge in [-0.3, -0.25) is 4.79 Å². The fraction of sp³-hybridized carbons (Fsp3) is 0.200. The molecule has 1 aliphatic heterocycles. The monoisotopic (exact) mass is 339 g/mol. The van der Waals surface area contributed by atoms with E-state index in [0.29, 0.717) is 5.76 Å². The Balaban J connectivity index is 2.13. The van der Waals surface area contributed by atoms with Gasteiger partial charge >= 0.3 is 6.09 Å². The number of rotatable bonds is 6. The summed E-state index contributed by atoms with van der Waals surface area (Å²) in [6, 6.07) is 8.93. The van der Waals surface area contributed by atoms with Crippen molar-refractivity contribution in [2.75, 3.05) is 13.7 Å². The number of hydrogen-bond donors (Lipinski definition) is 0. The van der Waals surface area contributed by atoms with Crippen molar-refractivity contribution in [1.29, 1.82) is 0 Å². The van der Waals surface area contributed by atoms with E-state index in [1.54, 1.807) is 18.2 Å². The van der Waals surface area contributed by atoms with E-state index in [0.717, 1.165) is 16.0 Å². The second-order valence-electron chi connectivity index (χ2n) is 5.34. The van der Waals surface area contributed by atoms with Gasteiger partial charge in [0.15, 0.2) is 0 Å². The minimum absolute atomic E-state index is 0.159. The van der Waals surface area contributed by atoms with Crippen molar-refractivity contribution in [3.05, 3.63) is 84.2 Å². The molecule has 0 saturated carbocycles. The first-order valence-corrected chi connectivity index (χ1v) is 7.87. The average Bonchev–Trinajstić information content (AvgIpc) is 3.03. The molecule has 0 spiro atoms. The van der Waals surface area contributed by atoms with Gasteiger partial charge in [0.2, 0.25) is 0 Å². The number of hydrogen-bond acceptors (Lipinski definition) is 4. The van der Waals surface area contributed by atoms with Crippen LogP contribution in [0.2, 0.25) is 0 Å². The van der Waals surface area contributed by atoms with Crippen LogP contribution in [0.5, 0.6) is 0 Å². The zero-order chi connectivity index (χ0) is 18.2. The molecule has 1 fully saturated rings. The Morgan fingerprint density at radius 1 is 1.24 bits per heavy atom. The van der Waals surface area contributed by atoms with Crippen LogP contribution >= 0.6 is 0 Å². The lowest BCUT2D eigenvalue weighted by atomic mass is 10.1. The lowest BCUT2D eigenvalue weighted by Gasteiger charge is -2.18. The molecule has 1 atom stereocenters. The van der Waals surface area contributed by atoms with Crippen LogP contribution in [-0.2, 0) is 14.3 Å². The van der Waals surface area contributed by atoms with Crippen molar-refractivity contribution in [3.8, 4) is 0 Å². The molecule has 0 bridgehead atoms. The normalized spacial score (nSPS) is 18.0. The van der Waals surface area contributed by atoms with Crippen LogP contribution in [0.25, 0.3) is 0 Å². The lowest BCUT2D eigenvalue weighted by molar-refractivity contribution is -0.124. The van der Waals surface area contributed by atoms with Crippen LogP contribution in [0, 0.1) is 0 Å². The SMILES string of the molecule is C=C(\C=C/C(/C=C/C(=O)N1C(=O)OCC1c1ccccc1)=C\C)OC. The van der Waals surface area contributed by atoms with Crippen molar-refractivity contribution in [2.24, 2.45) is 0 Å². The van der Waals surface area contributed by atoms with Gasteiger partial charge in [0, 0.05) is 6.08 Å². The molecule has 1 saturated heterocycles. The van der Waals surface area contributed by atoms with Crippen molar-refractivity contribution in [2.45, 2.75) is 13.0 Å². The fourth-order valence-corrected chi connectivity index (χ4v) is 2.34. The highest BCUT2D eigenvalue weighted by Crippen LogP contribution is 2.27. The van der Waals surface area contributed by atoms with E-state index >= 15 is 0 Å². The molecule has 0 aliphatic carbocycles. The molecule has 0 aromatic heterocycles. The summed E-state index contributed by atoms with van der Waals surface area (Å²) in [5, 5.41) is 0.